The Morgan fingerprint density at radius 3 is 2.21 bits per heavy atom. The molecule has 0 radical (unpaired) electrons. The van der Waals surface area contributed by atoms with Crippen LogP contribution < -0.4 is 15.6 Å². The van der Waals surface area contributed by atoms with Gasteiger partial charge in [-0.15, -0.1) is 0 Å². The van der Waals surface area contributed by atoms with E-state index in [0.29, 0.717) is 5.56 Å². The predicted octanol–water partition coefficient (Wildman–Crippen LogP) is 1.94. The molecule has 2 aromatic carbocycles. The average Bonchev–Trinajstić information content (AvgIpc) is 3.02. The van der Waals surface area contributed by atoms with Gasteiger partial charge in [0, 0.05) is 35.8 Å². The lowest BCUT2D eigenvalue weighted by Gasteiger charge is -2.10. The summed E-state index contributed by atoms with van der Waals surface area (Å²) in [5.41, 5.74) is 6.29. The quantitative estimate of drug-likeness (QED) is 0.554. The maximum absolute atomic E-state index is 12.5. The number of hydrazine groups is 1. The number of rotatable bonds is 5. The second-order valence-corrected chi connectivity index (χ2v) is 8.59. The van der Waals surface area contributed by atoms with Crippen molar-refractivity contribution in [3.8, 4) is 0 Å². The summed E-state index contributed by atoms with van der Waals surface area (Å²) in [6.07, 6.45) is 1.69. The van der Waals surface area contributed by atoms with E-state index in [0.717, 1.165) is 10.9 Å². The SMILES string of the molecule is CC(C)NS(=O)(=O)c1ccc(C(=O)NNC(=O)c2cn(C)c3ccccc23)cc1. The second-order valence-electron chi connectivity index (χ2n) is 6.88. The van der Waals surface area contributed by atoms with Crippen LogP contribution in [0.5, 0.6) is 0 Å². The molecule has 29 heavy (non-hydrogen) atoms. The van der Waals surface area contributed by atoms with Crippen LogP contribution in [0.2, 0.25) is 0 Å². The van der Waals surface area contributed by atoms with E-state index in [1.807, 2.05) is 35.9 Å². The van der Waals surface area contributed by atoms with E-state index in [4.69, 9.17) is 0 Å². The van der Waals surface area contributed by atoms with Gasteiger partial charge in [-0.1, -0.05) is 18.2 Å². The van der Waals surface area contributed by atoms with Gasteiger partial charge in [-0.25, -0.2) is 13.1 Å². The van der Waals surface area contributed by atoms with Crippen LogP contribution >= 0.6 is 0 Å². The minimum Gasteiger partial charge on any atom is -0.350 e. The van der Waals surface area contributed by atoms with Gasteiger partial charge in [0.25, 0.3) is 11.8 Å². The molecule has 0 saturated heterocycles. The zero-order valence-electron chi connectivity index (χ0n) is 16.3. The Hall–Kier alpha value is -3.17. The van der Waals surface area contributed by atoms with Gasteiger partial charge in [-0.05, 0) is 44.2 Å². The molecule has 0 aliphatic rings. The van der Waals surface area contributed by atoms with Crippen LogP contribution in [0.25, 0.3) is 10.9 Å². The lowest BCUT2D eigenvalue weighted by molar-refractivity contribution is 0.0847. The first-order valence-corrected chi connectivity index (χ1v) is 10.4. The maximum atomic E-state index is 12.5. The number of hydrogen-bond donors (Lipinski definition) is 3. The standard InChI is InChI=1S/C20H22N4O4S/c1-13(2)23-29(27,28)15-10-8-14(9-11-15)19(25)21-22-20(26)17-12-24(3)18-7-5-4-6-16(17)18/h4-13,23H,1-3H3,(H,21,25)(H,22,26). The van der Waals surface area contributed by atoms with E-state index < -0.39 is 21.8 Å². The molecular weight excluding hydrogens is 392 g/mol. The van der Waals surface area contributed by atoms with Crippen molar-refractivity contribution < 1.29 is 18.0 Å². The molecule has 0 unspecified atom stereocenters. The molecule has 3 N–H and O–H groups in total. The van der Waals surface area contributed by atoms with Crippen molar-refractivity contribution >= 4 is 32.7 Å². The van der Waals surface area contributed by atoms with Gasteiger partial charge in [-0.3, -0.25) is 20.4 Å². The summed E-state index contributed by atoms with van der Waals surface area (Å²) in [5, 5.41) is 0.772. The highest BCUT2D eigenvalue weighted by Crippen LogP contribution is 2.20. The van der Waals surface area contributed by atoms with Crippen LogP contribution in [0.3, 0.4) is 0 Å². The number of aryl methyl sites for hydroxylation is 1. The highest BCUT2D eigenvalue weighted by Gasteiger charge is 2.17. The number of hydrogen-bond acceptors (Lipinski definition) is 4. The summed E-state index contributed by atoms with van der Waals surface area (Å²) < 4.78 is 28.6. The smallest absolute Gasteiger partial charge is 0.271 e. The molecular formula is C20H22N4O4S. The minimum absolute atomic E-state index is 0.0579. The highest BCUT2D eigenvalue weighted by atomic mass is 32.2. The molecule has 0 spiro atoms. The number of carbonyl (C=O) groups excluding carboxylic acids is 2. The Morgan fingerprint density at radius 2 is 1.55 bits per heavy atom. The number of para-hydroxylation sites is 1. The number of carbonyl (C=O) groups is 2. The third kappa shape index (κ3) is 4.47. The van der Waals surface area contributed by atoms with E-state index in [2.05, 4.69) is 15.6 Å². The molecule has 0 aliphatic carbocycles. The number of nitrogens with zero attached hydrogens (tertiary/aromatic N) is 1. The Morgan fingerprint density at radius 1 is 0.931 bits per heavy atom. The summed E-state index contributed by atoms with van der Waals surface area (Å²) in [6.45, 7) is 3.44. The predicted molar refractivity (Wildman–Crippen MR) is 110 cm³/mol. The number of nitrogens with one attached hydrogen (secondary N) is 3. The number of aromatic nitrogens is 1. The van der Waals surface area contributed by atoms with Gasteiger partial charge < -0.3 is 4.57 Å². The first-order chi connectivity index (χ1) is 13.7. The molecule has 3 aromatic rings. The maximum Gasteiger partial charge on any atom is 0.271 e. The zero-order chi connectivity index (χ0) is 21.2. The van der Waals surface area contributed by atoms with Gasteiger partial charge in [0.15, 0.2) is 0 Å². The molecule has 3 rings (SSSR count). The molecule has 0 saturated carbocycles. The Kier molecular flexibility index (Phi) is 5.71. The molecule has 2 amide bonds. The summed E-state index contributed by atoms with van der Waals surface area (Å²) in [7, 11) is -1.80. The topological polar surface area (TPSA) is 109 Å². The van der Waals surface area contributed by atoms with E-state index >= 15 is 0 Å². The average molecular weight is 414 g/mol. The summed E-state index contributed by atoms with van der Waals surface area (Å²) in [6, 6.07) is 12.6. The lowest BCUT2D eigenvalue weighted by atomic mass is 10.2. The van der Waals surface area contributed by atoms with Gasteiger partial charge in [0.2, 0.25) is 10.0 Å². The highest BCUT2D eigenvalue weighted by molar-refractivity contribution is 7.89. The molecule has 9 heteroatoms. The van der Waals surface area contributed by atoms with Crippen molar-refractivity contribution in [2.24, 2.45) is 7.05 Å². The summed E-state index contributed by atoms with van der Waals surface area (Å²) in [5.74, 6) is -1.00. The van der Waals surface area contributed by atoms with Crippen LogP contribution in [-0.4, -0.2) is 30.8 Å². The third-order valence-corrected chi connectivity index (χ3v) is 5.92. The molecule has 152 valence electrons. The molecule has 8 nitrogen and oxygen atoms in total. The molecule has 0 fully saturated rings. The summed E-state index contributed by atoms with van der Waals surface area (Å²) >= 11 is 0. The number of sulfonamides is 1. The Bertz CT molecular complexity index is 1160. The fourth-order valence-corrected chi connectivity index (χ4v) is 4.19. The second kappa shape index (κ2) is 8.06. The lowest BCUT2D eigenvalue weighted by Crippen LogP contribution is -2.41. The first-order valence-electron chi connectivity index (χ1n) is 8.96. The molecule has 0 aliphatic heterocycles. The van der Waals surface area contributed by atoms with Gasteiger partial charge in [0.1, 0.15) is 0 Å². The Labute approximate surface area is 168 Å². The number of benzene rings is 2. The van der Waals surface area contributed by atoms with Crippen molar-refractivity contribution in [2.75, 3.05) is 0 Å². The molecule has 1 heterocycles. The van der Waals surface area contributed by atoms with Crippen LogP contribution in [0, 0.1) is 0 Å². The fourth-order valence-electron chi connectivity index (χ4n) is 2.94. The van der Waals surface area contributed by atoms with E-state index in [1.54, 1.807) is 20.0 Å². The number of fused-ring (bicyclic) bond motifs is 1. The third-order valence-electron chi connectivity index (χ3n) is 4.25. The fraction of sp³-hybridized carbons (Fsp3) is 0.200. The first kappa shape index (κ1) is 20.6. The normalized spacial score (nSPS) is 11.6. The monoisotopic (exact) mass is 414 g/mol. The van der Waals surface area contributed by atoms with E-state index in [-0.39, 0.29) is 16.5 Å². The molecule has 0 atom stereocenters. The van der Waals surface area contributed by atoms with E-state index in [1.165, 1.54) is 24.3 Å². The summed E-state index contributed by atoms with van der Waals surface area (Å²) in [4.78, 5) is 24.8. The van der Waals surface area contributed by atoms with Crippen molar-refractivity contribution in [2.45, 2.75) is 24.8 Å². The van der Waals surface area contributed by atoms with Crippen molar-refractivity contribution in [3.63, 3.8) is 0 Å². The van der Waals surface area contributed by atoms with Crippen molar-refractivity contribution in [1.29, 1.82) is 0 Å². The minimum atomic E-state index is -3.64. The van der Waals surface area contributed by atoms with Gasteiger partial charge >= 0.3 is 0 Å². The Balaban J connectivity index is 1.68. The van der Waals surface area contributed by atoms with Crippen molar-refractivity contribution in [3.05, 3.63) is 65.9 Å². The van der Waals surface area contributed by atoms with Crippen LogP contribution in [0.4, 0.5) is 0 Å². The molecule has 1 aromatic heterocycles. The van der Waals surface area contributed by atoms with Crippen LogP contribution in [-0.2, 0) is 17.1 Å². The number of amides is 2. The van der Waals surface area contributed by atoms with E-state index in [9.17, 15) is 18.0 Å². The van der Waals surface area contributed by atoms with Gasteiger partial charge in [0.05, 0.1) is 10.5 Å². The van der Waals surface area contributed by atoms with Gasteiger partial charge in [-0.2, -0.15) is 0 Å². The van der Waals surface area contributed by atoms with Crippen LogP contribution in [0.15, 0.2) is 59.6 Å². The zero-order valence-corrected chi connectivity index (χ0v) is 17.1. The largest absolute Gasteiger partial charge is 0.350 e. The van der Waals surface area contributed by atoms with Crippen molar-refractivity contribution in [1.82, 2.24) is 20.1 Å². The van der Waals surface area contributed by atoms with Crippen LogP contribution in [0.1, 0.15) is 34.6 Å². The molecule has 0 bridgehead atoms.